The van der Waals surface area contributed by atoms with Crippen molar-refractivity contribution in [3.05, 3.63) is 72.3 Å². The molecule has 0 aromatic heterocycles. The average molecular weight is 364 g/mol. The monoisotopic (exact) mass is 364 g/mol. The molecule has 2 aromatic carbocycles. The van der Waals surface area contributed by atoms with Crippen LogP contribution in [0, 0.1) is 0 Å². The molecule has 0 N–H and O–H groups in total. The van der Waals surface area contributed by atoms with E-state index >= 15 is 0 Å². The van der Waals surface area contributed by atoms with Gasteiger partial charge in [0.25, 0.3) is 0 Å². The molecule has 0 spiro atoms. The highest BCUT2D eigenvalue weighted by Gasteiger charge is 2.18. The minimum Gasteiger partial charge on any atom is -0.113 e. The highest BCUT2D eigenvalue weighted by Crippen LogP contribution is 2.21. The van der Waals surface area contributed by atoms with Crippen LogP contribution in [0.25, 0.3) is 5.57 Å². The smallest absolute Gasteiger partial charge is 0.113 e. The summed E-state index contributed by atoms with van der Waals surface area (Å²) < 4.78 is 0. The number of halogens is 1. The Morgan fingerprint density at radius 1 is 0.889 bits per heavy atom. The third-order valence-electron chi connectivity index (χ3n) is 3.04. The van der Waals surface area contributed by atoms with Gasteiger partial charge in [0.1, 0.15) is 5.57 Å². The first kappa shape index (κ1) is 13.6. The Morgan fingerprint density at radius 3 is 1.89 bits per heavy atom. The molecule has 0 amide bonds. The van der Waals surface area contributed by atoms with Crippen LogP contribution in [0.2, 0.25) is 13.1 Å². The highest BCUT2D eigenvalue weighted by molar-refractivity contribution is 14.1. The van der Waals surface area contributed by atoms with Crippen molar-refractivity contribution >= 4 is 38.1 Å². The zero-order valence-corrected chi connectivity index (χ0v) is 13.9. The van der Waals surface area contributed by atoms with Crippen LogP contribution in [0.1, 0.15) is 11.1 Å². The molecule has 0 fully saturated rings. The summed E-state index contributed by atoms with van der Waals surface area (Å²) in [4.78, 5) is 0. The van der Waals surface area contributed by atoms with Crippen molar-refractivity contribution in [3.8, 4) is 0 Å². The summed E-state index contributed by atoms with van der Waals surface area (Å²) in [6, 6.07) is 19.2. The van der Waals surface area contributed by atoms with Crippen LogP contribution in [0.3, 0.4) is 0 Å². The van der Waals surface area contributed by atoms with E-state index in [0.29, 0.717) is 0 Å². The molecule has 92 valence electrons. The van der Waals surface area contributed by atoms with Gasteiger partial charge >= 0.3 is 0 Å². The molecular weight excluding hydrogens is 347 g/mol. The summed E-state index contributed by atoms with van der Waals surface area (Å²) >= 11 is 2.60. The lowest BCUT2D eigenvalue weighted by Gasteiger charge is -2.15. The minimum absolute atomic E-state index is 1.09. The lowest BCUT2D eigenvalue weighted by atomic mass is 10.00. The maximum atomic E-state index is 4.20. The van der Waals surface area contributed by atoms with E-state index in [0.717, 1.165) is 5.57 Å². The first-order valence-electron chi connectivity index (χ1n) is 6.02. The molecule has 0 saturated heterocycles. The van der Waals surface area contributed by atoms with Crippen LogP contribution in [-0.2, 0) is 0 Å². The molecule has 0 aliphatic carbocycles. The second-order valence-electron chi connectivity index (χ2n) is 4.89. The molecule has 18 heavy (non-hydrogen) atoms. The summed E-state index contributed by atoms with van der Waals surface area (Å²) in [5.74, 6) is 0. The van der Waals surface area contributed by atoms with E-state index in [1.54, 1.807) is 0 Å². The Kier molecular flexibility index (Phi) is 4.07. The lowest BCUT2D eigenvalue weighted by Crippen LogP contribution is -2.33. The largest absolute Gasteiger partial charge is 0.149 e. The molecule has 0 radical (unpaired) electrons. The van der Waals surface area contributed by atoms with Gasteiger partial charge in [0.2, 0.25) is 0 Å². The van der Waals surface area contributed by atoms with Gasteiger partial charge in [-0.3, -0.25) is 0 Å². The molecule has 0 aliphatic heterocycles. The SMILES string of the molecule is C=C(c1ccccc1)c1ccc([Si](C)(C)I)cc1. The van der Waals surface area contributed by atoms with Crippen molar-refractivity contribution < 1.29 is 0 Å². The van der Waals surface area contributed by atoms with Crippen molar-refractivity contribution in [1.82, 2.24) is 0 Å². The molecule has 0 heterocycles. The summed E-state index contributed by atoms with van der Waals surface area (Å²) in [5, 5.41) is 1.48. The van der Waals surface area contributed by atoms with Crippen LogP contribution in [0.15, 0.2) is 61.2 Å². The number of hydrogen-bond acceptors (Lipinski definition) is 0. The summed E-state index contributed by atoms with van der Waals surface area (Å²) in [5.41, 5.74) is 2.26. The zero-order valence-electron chi connectivity index (χ0n) is 10.8. The van der Waals surface area contributed by atoms with Crippen molar-refractivity contribution in [2.75, 3.05) is 0 Å². The third-order valence-corrected chi connectivity index (χ3v) is 6.62. The van der Waals surface area contributed by atoms with Gasteiger partial charge in [0.05, 0.1) is 0 Å². The van der Waals surface area contributed by atoms with Crippen LogP contribution in [0.5, 0.6) is 0 Å². The van der Waals surface area contributed by atoms with Crippen LogP contribution >= 0.6 is 21.8 Å². The molecule has 2 heteroatoms. The first-order valence-corrected chi connectivity index (χ1v) is 12.1. The molecule has 0 atom stereocenters. The van der Waals surface area contributed by atoms with Gasteiger partial charge in [0.15, 0.2) is 0 Å². The minimum atomic E-state index is -1.23. The fraction of sp³-hybridized carbons (Fsp3) is 0.125. The Balaban J connectivity index is 2.28. The Labute approximate surface area is 123 Å². The fourth-order valence-corrected chi connectivity index (χ4v) is 3.91. The van der Waals surface area contributed by atoms with E-state index in [1.165, 1.54) is 16.3 Å². The van der Waals surface area contributed by atoms with Gasteiger partial charge in [-0.25, -0.2) is 0 Å². The van der Waals surface area contributed by atoms with Crippen molar-refractivity contribution in [2.45, 2.75) is 13.1 Å². The van der Waals surface area contributed by atoms with Crippen LogP contribution in [0.4, 0.5) is 0 Å². The summed E-state index contributed by atoms with van der Waals surface area (Å²) in [6.07, 6.45) is 0. The zero-order chi connectivity index (χ0) is 13.2. The summed E-state index contributed by atoms with van der Waals surface area (Å²) in [7, 11) is 0. The maximum Gasteiger partial charge on any atom is 0.149 e. The van der Waals surface area contributed by atoms with Gasteiger partial charge in [-0.2, -0.15) is 0 Å². The number of rotatable bonds is 3. The summed E-state index contributed by atoms with van der Waals surface area (Å²) in [6.45, 7) is 8.91. The second-order valence-corrected chi connectivity index (χ2v) is 16.5. The predicted octanol–water partition coefficient (Wildman–Crippen LogP) is 4.60. The highest BCUT2D eigenvalue weighted by atomic mass is 127. The van der Waals surface area contributed by atoms with E-state index < -0.39 is 5.57 Å². The number of benzene rings is 2. The normalized spacial score (nSPS) is 11.3. The van der Waals surface area contributed by atoms with Crippen LogP contribution < -0.4 is 5.19 Å². The van der Waals surface area contributed by atoms with Gasteiger partial charge in [-0.05, 0) is 21.9 Å². The molecule has 0 unspecified atom stereocenters. The predicted molar refractivity (Wildman–Crippen MR) is 92.2 cm³/mol. The molecular formula is C16H17ISi. The maximum absolute atomic E-state index is 4.20. The quantitative estimate of drug-likeness (QED) is 0.424. The van der Waals surface area contributed by atoms with Crippen molar-refractivity contribution in [2.24, 2.45) is 0 Å². The Morgan fingerprint density at radius 2 is 1.39 bits per heavy atom. The lowest BCUT2D eigenvalue weighted by molar-refractivity contribution is 1.57. The van der Waals surface area contributed by atoms with Crippen molar-refractivity contribution in [3.63, 3.8) is 0 Å². The third kappa shape index (κ3) is 3.12. The van der Waals surface area contributed by atoms with Gasteiger partial charge in [0, 0.05) is 0 Å². The van der Waals surface area contributed by atoms with Gasteiger partial charge in [-0.1, -0.05) is 74.3 Å². The molecule has 2 aromatic rings. The van der Waals surface area contributed by atoms with Gasteiger partial charge < -0.3 is 0 Å². The van der Waals surface area contributed by atoms with E-state index in [-0.39, 0.29) is 0 Å². The van der Waals surface area contributed by atoms with E-state index in [1.807, 2.05) is 6.07 Å². The fourth-order valence-electron chi connectivity index (χ4n) is 1.87. The van der Waals surface area contributed by atoms with E-state index in [4.69, 9.17) is 0 Å². The molecule has 0 bridgehead atoms. The average Bonchev–Trinajstić information content (AvgIpc) is 2.38. The molecule has 0 saturated carbocycles. The first-order chi connectivity index (χ1) is 8.48. The van der Waals surface area contributed by atoms with E-state index in [9.17, 15) is 0 Å². The number of hydrogen-bond donors (Lipinski definition) is 0. The second kappa shape index (κ2) is 5.41. The Hall–Kier alpha value is -0.873. The topological polar surface area (TPSA) is 0 Å². The van der Waals surface area contributed by atoms with Gasteiger partial charge in [-0.15, -0.1) is 21.8 Å². The molecule has 0 aliphatic rings. The van der Waals surface area contributed by atoms with Crippen molar-refractivity contribution in [1.29, 1.82) is 0 Å². The van der Waals surface area contributed by atoms with Crippen LogP contribution in [-0.4, -0.2) is 5.57 Å². The molecule has 2 rings (SSSR count). The standard InChI is InChI=1S/C16H17ISi/c1-13(14-7-5-4-6-8-14)15-9-11-16(12-10-15)18(2,3)17/h4-12H,1H2,2-3H3. The Bertz CT molecular complexity index is 536. The molecule has 0 nitrogen and oxygen atoms in total. The van der Waals surface area contributed by atoms with E-state index in [2.05, 4.69) is 90.0 Å².